The minimum absolute atomic E-state index is 0.0384. The molecule has 1 aromatic carbocycles. The predicted octanol–water partition coefficient (Wildman–Crippen LogP) is 0.908. The average Bonchev–Trinajstić information content (AvgIpc) is 2.66. The Morgan fingerprint density at radius 2 is 1.52 bits per heavy atom. The largest absolute Gasteiger partial charge is 0.860 e. The highest BCUT2D eigenvalue weighted by Crippen LogP contribution is 2.45. The molecule has 2 N–H and O–H groups in total. The van der Waals surface area contributed by atoms with Crippen molar-refractivity contribution in [2.45, 2.75) is 45.7 Å². The zero-order valence-electron chi connectivity index (χ0n) is 17.4. The Bertz CT molecular complexity index is 1420. The van der Waals surface area contributed by atoms with Gasteiger partial charge in [-0.1, -0.05) is 18.2 Å². The van der Waals surface area contributed by atoms with Crippen molar-refractivity contribution >= 4 is 0 Å². The number of ether oxygens (including phenoxy) is 1. The molecule has 2 aromatic heterocycles. The van der Waals surface area contributed by atoms with Gasteiger partial charge in [-0.05, 0) is 39.6 Å². The number of hydrogen-bond donors (Lipinski definition) is 2. The van der Waals surface area contributed by atoms with Crippen LogP contribution in [0.25, 0.3) is 0 Å². The summed E-state index contributed by atoms with van der Waals surface area (Å²) < 4.78 is 7.69. The van der Waals surface area contributed by atoms with Crippen LogP contribution in [-0.2, 0) is 0 Å². The maximum absolute atomic E-state index is 13.4. The van der Waals surface area contributed by atoms with Crippen molar-refractivity contribution in [3.63, 3.8) is 0 Å². The van der Waals surface area contributed by atoms with Crippen LogP contribution in [0.1, 0.15) is 62.4 Å². The van der Waals surface area contributed by atoms with E-state index in [1.165, 1.54) is 0 Å². The van der Waals surface area contributed by atoms with Crippen LogP contribution in [0.5, 0.6) is 17.5 Å². The third kappa shape index (κ3) is 3.02. The number of aromatic nitrogens is 4. The van der Waals surface area contributed by atoms with Gasteiger partial charge >= 0.3 is 11.4 Å². The smallest absolute Gasteiger partial charge is 0.331 e. The molecule has 0 amide bonds. The molecule has 0 spiro atoms. The van der Waals surface area contributed by atoms with Crippen LogP contribution in [0.3, 0.4) is 0 Å². The van der Waals surface area contributed by atoms with Gasteiger partial charge in [0.25, 0.3) is 11.1 Å². The van der Waals surface area contributed by atoms with Gasteiger partial charge in [-0.25, -0.2) is 9.59 Å². The third-order valence-corrected chi connectivity index (χ3v) is 5.32. The maximum atomic E-state index is 13.4. The minimum Gasteiger partial charge on any atom is -0.860 e. The summed E-state index contributed by atoms with van der Waals surface area (Å²) in [6, 6.07) is 5.61. The Kier molecular flexibility index (Phi) is 4.72. The first kappa shape index (κ1) is 20.5. The van der Waals surface area contributed by atoms with Gasteiger partial charge in [0.05, 0.1) is 11.5 Å². The molecular formula is C21H21N4O6-. The second kappa shape index (κ2) is 7.15. The number of benzene rings is 1. The summed E-state index contributed by atoms with van der Waals surface area (Å²) >= 11 is 0. The monoisotopic (exact) mass is 425 g/mol. The highest BCUT2D eigenvalue weighted by atomic mass is 16.5. The van der Waals surface area contributed by atoms with Gasteiger partial charge in [-0.2, -0.15) is 0 Å². The first-order valence-electron chi connectivity index (χ1n) is 9.84. The van der Waals surface area contributed by atoms with Crippen LogP contribution < -0.4 is 32.3 Å². The van der Waals surface area contributed by atoms with Crippen molar-refractivity contribution in [2.75, 3.05) is 0 Å². The molecule has 3 heterocycles. The van der Waals surface area contributed by atoms with Crippen LogP contribution in [0, 0.1) is 0 Å². The van der Waals surface area contributed by atoms with Gasteiger partial charge in [0.15, 0.2) is 0 Å². The number of para-hydroxylation sites is 1. The molecule has 3 aromatic rings. The van der Waals surface area contributed by atoms with E-state index in [1.54, 1.807) is 52.0 Å². The van der Waals surface area contributed by atoms with Crippen LogP contribution in [0.4, 0.5) is 0 Å². The molecule has 10 nitrogen and oxygen atoms in total. The molecule has 0 saturated heterocycles. The normalized spacial score (nSPS) is 15.0. The molecule has 0 bridgehead atoms. The summed E-state index contributed by atoms with van der Waals surface area (Å²) in [6.45, 7) is 6.61. The number of rotatable bonds is 3. The molecule has 0 saturated carbocycles. The molecule has 1 unspecified atom stereocenters. The number of H-pyrrole nitrogens is 2. The van der Waals surface area contributed by atoms with Gasteiger partial charge in [0.1, 0.15) is 5.75 Å². The van der Waals surface area contributed by atoms with Gasteiger partial charge in [-0.15, -0.1) is 0 Å². The highest BCUT2D eigenvalue weighted by molar-refractivity contribution is 5.56. The second-order valence-electron chi connectivity index (χ2n) is 7.96. The molecule has 0 fully saturated rings. The lowest BCUT2D eigenvalue weighted by molar-refractivity contribution is -0.282. The van der Waals surface area contributed by atoms with Crippen molar-refractivity contribution in [2.24, 2.45) is 0 Å². The summed E-state index contributed by atoms with van der Waals surface area (Å²) in [5, 5.41) is 13.3. The molecule has 1 atom stereocenters. The van der Waals surface area contributed by atoms with Crippen LogP contribution in [0.15, 0.2) is 43.4 Å². The zero-order valence-corrected chi connectivity index (χ0v) is 17.4. The van der Waals surface area contributed by atoms with E-state index in [2.05, 4.69) is 9.97 Å². The Balaban J connectivity index is 2.17. The molecule has 4 rings (SSSR count). The lowest BCUT2D eigenvalue weighted by atomic mass is 9.84. The summed E-state index contributed by atoms with van der Waals surface area (Å²) in [6.07, 6.45) is 0. The number of fused-ring (bicyclic) bond motifs is 2. The molecular weight excluding hydrogens is 404 g/mol. The molecule has 162 valence electrons. The van der Waals surface area contributed by atoms with E-state index < -0.39 is 46.4 Å². The van der Waals surface area contributed by atoms with E-state index in [0.29, 0.717) is 11.3 Å². The maximum Gasteiger partial charge on any atom is 0.331 e. The Morgan fingerprint density at radius 1 is 0.903 bits per heavy atom. The number of nitrogens with zero attached hydrogens (tertiary/aromatic N) is 2. The Labute approximate surface area is 175 Å². The number of aromatic amines is 2. The lowest BCUT2D eigenvalue weighted by Gasteiger charge is -2.31. The molecule has 1 aliphatic heterocycles. The quantitative estimate of drug-likeness (QED) is 0.500. The third-order valence-electron chi connectivity index (χ3n) is 5.32. The van der Waals surface area contributed by atoms with Crippen LogP contribution in [0.2, 0.25) is 0 Å². The fourth-order valence-electron chi connectivity index (χ4n) is 3.99. The van der Waals surface area contributed by atoms with Crippen molar-refractivity contribution in [3.05, 3.63) is 82.6 Å². The average molecular weight is 425 g/mol. The first-order valence-corrected chi connectivity index (χ1v) is 9.84. The van der Waals surface area contributed by atoms with Gasteiger partial charge < -0.3 is 14.4 Å². The van der Waals surface area contributed by atoms with E-state index in [9.17, 15) is 24.3 Å². The standard InChI is InChI=1S/C21H22N4O6/c1-9(2)24-18(27)14(16(26)22-20(24)29)13-11-7-5-6-8-12(11)31-17-15(13)19(28)25(10(3)4)21(30)23-17/h5-10,13,27H,1-4H3,(H,23,30)(H,22,26,29)/p-1. The van der Waals surface area contributed by atoms with Crippen molar-refractivity contribution in [1.82, 2.24) is 19.1 Å². The molecule has 31 heavy (non-hydrogen) atoms. The number of nitrogens with one attached hydrogen (secondary N) is 2. The fourth-order valence-corrected chi connectivity index (χ4v) is 3.99. The van der Waals surface area contributed by atoms with E-state index >= 15 is 0 Å². The van der Waals surface area contributed by atoms with Crippen LogP contribution >= 0.6 is 0 Å². The van der Waals surface area contributed by atoms with Crippen LogP contribution in [-0.4, -0.2) is 19.1 Å². The van der Waals surface area contributed by atoms with Gasteiger partial charge in [0.2, 0.25) is 5.88 Å². The predicted molar refractivity (Wildman–Crippen MR) is 110 cm³/mol. The minimum atomic E-state index is -1.13. The topological polar surface area (TPSA) is 142 Å². The molecule has 0 aliphatic carbocycles. The van der Waals surface area contributed by atoms with Crippen molar-refractivity contribution in [3.8, 4) is 17.5 Å². The van der Waals surface area contributed by atoms with Crippen molar-refractivity contribution in [1.29, 1.82) is 0 Å². The van der Waals surface area contributed by atoms with E-state index in [1.807, 2.05) is 0 Å². The van der Waals surface area contributed by atoms with Gasteiger partial charge in [0, 0.05) is 23.2 Å². The SMILES string of the molecule is CC(C)n1c([O-])c(C2c3ccccc3Oc3[nH]c(=O)n(C(C)C)c(=O)c32)c(=O)[nH]c1=O. The van der Waals surface area contributed by atoms with Crippen molar-refractivity contribution < 1.29 is 9.84 Å². The number of hydrogen-bond acceptors (Lipinski definition) is 6. The summed E-state index contributed by atoms with van der Waals surface area (Å²) in [7, 11) is 0. The Morgan fingerprint density at radius 3 is 2.16 bits per heavy atom. The van der Waals surface area contributed by atoms with E-state index in [-0.39, 0.29) is 17.0 Å². The highest BCUT2D eigenvalue weighted by Gasteiger charge is 2.36. The second-order valence-corrected chi connectivity index (χ2v) is 7.96. The Hall–Kier alpha value is -3.82. The molecule has 1 aliphatic rings. The fraction of sp³-hybridized carbons (Fsp3) is 0.333. The van der Waals surface area contributed by atoms with E-state index in [0.717, 1.165) is 9.13 Å². The first-order chi connectivity index (χ1) is 14.6. The molecule has 0 radical (unpaired) electrons. The molecule has 10 heteroatoms. The summed E-state index contributed by atoms with van der Waals surface area (Å²) in [5.74, 6) is -1.76. The zero-order chi connectivity index (χ0) is 22.6. The summed E-state index contributed by atoms with van der Waals surface area (Å²) in [5.41, 5.74) is -2.97. The van der Waals surface area contributed by atoms with E-state index in [4.69, 9.17) is 4.74 Å². The lowest BCUT2D eigenvalue weighted by Crippen LogP contribution is -2.42. The van der Waals surface area contributed by atoms with Gasteiger partial charge in [-0.3, -0.25) is 24.1 Å². The summed E-state index contributed by atoms with van der Waals surface area (Å²) in [4.78, 5) is 55.7.